The molecule has 0 unspecified atom stereocenters. The van der Waals surface area contributed by atoms with Crippen molar-refractivity contribution in [2.24, 2.45) is 0 Å². The first-order chi connectivity index (χ1) is 7.36. The Morgan fingerprint density at radius 1 is 1.27 bits per heavy atom. The summed E-state index contributed by atoms with van der Waals surface area (Å²) in [6.45, 7) is 8.05. The molecule has 2 aliphatic rings. The molecule has 3 heteroatoms. The lowest BCUT2D eigenvalue weighted by Gasteiger charge is -2.27. The SMILES string of the molecule is C[C@H]1OCC[C@H]1NCCN1CCCCC1. The van der Waals surface area contributed by atoms with Crippen LogP contribution in [0, 0.1) is 0 Å². The van der Waals surface area contributed by atoms with Gasteiger partial charge in [0.1, 0.15) is 0 Å². The van der Waals surface area contributed by atoms with Crippen molar-refractivity contribution < 1.29 is 4.74 Å². The zero-order valence-electron chi connectivity index (χ0n) is 9.87. The molecule has 2 heterocycles. The third-order valence-corrected chi connectivity index (χ3v) is 3.66. The van der Waals surface area contributed by atoms with Gasteiger partial charge in [-0.05, 0) is 39.3 Å². The standard InChI is InChI=1S/C12H24N2O/c1-11-12(5-10-15-11)13-6-9-14-7-3-2-4-8-14/h11-13H,2-10H2,1H3/t11-,12-/m1/s1. The molecule has 2 atom stereocenters. The Morgan fingerprint density at radius 3 is 2.73 bits per heavy atom. The van der Waals surface area contributed by atoms with Gasteiger partial charge in [-0.15, -0.1) is 0 Å². The molecular formula is C12H24N2O. The van der Waals surface area contributed by atoms with Crippen molar-refractivity contribution in [3.8, 4) is 0 Å². The minimum atomic E-state index is 0.409. The molecule has 0 aliphatic carbocycles. The monoisotopic (exact) mass is 212 g/mol. The number of likely N-dealkylation sites (tertiary alicyclic amines) is 1. The highest BCUT2D eigenvalue weighted by atomic mass is 16.5. The van der Waals surface area contributed by atoms with Crippen LogP contribution >= 0.6 is 0 Å². The highest BCUT2D eigenvalue weighted by molar-refractivity contribution is 4.79. The van der Waals surface area contributed by atoms with Crippen LogP contribution in [-0.4, -0.2) is 49.8 Å². The number of nitrogens with one attached hydrogen (secondary N) is 1. The van der Waals surface area contributed by atoms with Gasteiger partial charge in [0.25, 0.3) is 0 Å². The summed E-state index contributed by atoms with van der Waals surface area (Å²) < 4.78 is 5.53. The minimum Gasteiger partial charge on any atom is -0.377 e. The lowest BCUT2D eigenvalue weighted by molar-refractivity contribution is 0.112. The van der Waals surface area contributed by atoms with Crippen molar-refractivity contribution >= 4 is 0 Å². The van der Waals surface area contributed by atoms with E-state index in [4.69, 9.17) is 4.74 Å². The predicted molar refractivity (Wildman–Crippen MR) is 62.1 cm³/mol. The molecule has 0 amide bonds. The fourth-order valence-electron chi connectivity index (χ4n) is 2.59. The molecule has 2 saturated heterocycles. The molecule has 0 spiro atoms. The van der Waals surface area contributed by atoms with Crippen LogP contribution in [0.5, 0.6) is 0 Å². The van der Waals surface area contributed by atoms with Gasteiger partial charge in [0.2, 0.25) is 0 Å². The van der Waals surface area contributed by atoms with Gasteiger partial charge < -0.3 is 15.0 Å². The number of hydrogen-bond donors (Lipinski definition) is 1. The van der Waals surface area contributed by atoms with Crippen molar-refractivity contribution in [2.75, 3.05) is 32.8 Å². The summed E-state index contributed by atoms with van der Waals surface area (Å²) in [6.07, 6.45) is 5.80. The first-order valence-electron chi connectivity index (χ1n) is 6.43. The van der Waals surface area contributed by atoms with Crippen LogP contribution in [0.15, 0.2) is 0 Å². The zero-order valence-corrected chi connectivity index (χ0v) is 9.87. The lowest BCUT2D eigenvalue weighted by atomic mass is 10.1. The van der Waals surface area contributed by atoms with E-state index in [1.807, 2.05) is 0 Å². The van der Waals surface area contributed by atoms with Gasteiger partial charge in [0.15, 0.2) is 0 Å². The first-order valence-corrected chi connectivity index (χ1v) is 6.43. The van der Waals surface area contributed by atoms with Crippen molar-refractivity contribution in [3.05, 3.63) is 0 Å². The number of hydrogen-bond acceptors (Lipinski definition) is 3. The van der Waals surface area contributed by atoms with Crippen LogP contribution in [0.1, 0.15) is 32.6 Å². The van der Waals surface area contributed by atoms with E-state index in [9.17, 15) is 0 Å². The van der Waals surface area contributed by atoms with E-state index in [0.717, 1.165) is 13.2 Å². The van der Waals surface area contributed by atoms with Gasteiger partial charge in [-0.2, -0.15) is 0 Å². The molecule has 3 nitrogen and oxygen atoms in total. The van der Waals surface area contributed by atoms with Crippen molar-refractivity contribution in [2.45, 2.75) is 44.8 Å². The van der Waals surface area contributed by atoms with Gasteiger partial charge in [-0.25, -0.2) is 0 Å². The summed E-state index contributed by atoms with van der Waals surface area (Å²) in [5, 5.41) is 3.61. The third kappa shape index (κ3) is 3.44. The van der Waals surface area contributed by atoms with Crippen molar-refractivity contribution in [3.63, 3.8) is 0 Å². The molecular weight excluding hydrogens is 188 g/mol. The van der Waals surface area contributed by atoms with E-state index in [1.165, 1.54) is 45.3 Å². The Labute approximate surface area is 93.2 Å². The minimum absolute atomic E-state index is 0.409. The van der Waals surface area contributed by atoms with Gasteiger partial charge >= 0.3 is 0 Å². The Morgan fingerprint density at radius 2 is 2.07 bits per heavy atom. The maximum absolute atomic E-state index is 5.53. The van der Waals surface area contributed by atoms with E-state index < -0.39 is 0 Å². The molecule has 1 N–H and O–H groups in total. The van der Waals surface area contributed by atoms with Crippen LogP contribution in [-0.2, 0) is 4.74 Å². The van der Waals surface area contributed by atoms with E-state index in [2.05, 4.69) is 17.1 Å². The van der Waals surface area contributed by atoms with Gasteiger partial charge in [-0.3, -0.25) is 0 Å². The van der Waals surface area contributed by atoms with E-state index in [1.54, 1.807) is 0 Å². The van der Waals surface area contributed by atoms with E-state index >= 15 is 0 Å². The van der Waals surface area contributed by atoms with E-state index in [-0.39, 0.29) is 0 Å². The second-order valence-electron chi connectivity index (χ2n) is 4.83. The van der Waals surface area contributed by atoms with Crippen LogP contribution in [0.2, 0.25) is 0 Å². The lowest BCUT2D eigenvalue weighted by Crippen LogP contribution is -2.41. The summed E-state index contributed by atoms with van der Waals surface area (Å²) >= 11 is 0. The molecule has 0 radical (unpaired) electrons. The fraction of sp³-hybridized carbons (Fsp3) is 1.00. The second-order valence-corrected chi connectivity index (χ2v) is 4.83. The summed E-state index contributed by atoms with van der Waals surface area (Å²) in [5.41, 5.74) is 0. The van der Waals surface area contributed by atoms with Gasteiger partial charge in [-0.1, -0.05) is 6.42 Å². The number of piperidine rings is 1. The van der Waals surface area contributed by atoms with E-state index in [0.29, 0.717) is 12.1 Å². The summed E-state index contributed by atoms with van der Waals surface area (Å²) in [7, 11) is 0. The molecule has 2 rings (SSSR count). The zero-order chi connectivity index (χ0) is 10.5. The number of ether oxygens (including phenoxy) is 1. The number of nitrogens with zero attached hydrogens (tertiary/aromatic N) is 1. The molecule has 0 bridgehead atoms. The molecule has 15 heavy (non-hydrogen) atoms. The van der Waals surface area contributed by atoms with Crippen LogP contribution in [0.4, 0.5) is 0 Å². The van der Waals surface area contributed by atoms with Crippen LogP contribution in [0.25, 0.3) is 0 Å². The smallest absolute Gasteiger partial charge is 0.0700 e. The molecule has 0 aromatic carbocycles. The van der Waals surface area contributed by atoms with Crippen LogP contribution in [0.3, 0.4) is 0 Å². The van der Waals surface area contributed by atoms with Crippen LogP contribution < -0.4 is 5.32 Å². The Kier molecular flexibility index (Phi) is 4.42. The molecule has 0 saturated carbocycles. The fourth-order valence-corrected chi connectivity index (χ4v) is 2.59. The highest BCUT2D eigenvalue weighted by Crippen LogP contribution is 2.12. The molecule has 0 aromatic heterocycles. The Bertz CT molecular complexity index is 180. The molecule has 2 aliphatic heterocycles. The first kappa shape index (κ1) is 11.4. The maximum Gasteiger partial charge on any atom is 0.0700 e. The summed E-state index contributed by atoms with van der Waals surface area (Å²) in [6, 6.07) is 0.592. The number of rotatable bonds is 4. The second kappa shape index (κ2) is 5.83. The topological polar surface area (TPSA) is 24.5 Å². The average Bonchev–Trinajstić information content (AvgIpc) is 2.66. The quantitative estimate of drug-likeness (QED) is 0.759. The van der Waals surface area contributed by atoms with Crippen molar-refractivity contribution in [1.29, 1.82) is 0 Å². The van der Waals surface area contributed by atoms with Gasteiger partial charge in [0, 0.05) is 25.7 Å². The predicted octanol–water partition coefficient (Wildman–Crippen LogP) is 1.24. The van der Waals surface area contributed by atoms with Gasteiger partial charge in [0.05, 0.1) is 6.10 Å². The normalized spacial score (nSPS) is 33.4. The third-order valence-electron chi connectivity index (χ3n) is 3.66. The average molecular weight is 212 g/mol. The summed E-state index contributed by atoms with van der Waals surface area (Å²) in [4.78, 5) is 2.58. The molecule has 0 aromatic rings. The largest absolute Gasteiger partial charge is 0.377 e. The Balaban J connectivity index is 1.57. The Hall–Kier alpha value is -0.120. The highest BCUT2D eigenvalue weighted by Gasteiger charge is 2.23. The van der Waals surface area contributed by atoms with Crippen molar-refractivity contribution in [1.82, 2.24) is 10.2 Å². The summed E-state index contributed by atoms with van der Waals surface area (Å²) in [5.74, 6) is 0. The molecule has 88 valence electrons. The molecule has 2 fully saturated rings. The maximum atomic E-state index is 5.53.